The van der Waals surface area contributed by atoms with Crippen molar-refractivity contribution in [2.45, 2.75) is 32.0 Å². The van der Waals surface area contributed by atoms with Gasteiger partial charge in [0.2, 0.25) is 5.91 Å². The minimum atomic E-state index is -4.48. The van der Waals surface area contributed by atoms with Crippen LogP contribution in [0.3, 0.4) is 0 Å². The van der Waals surface area contributed by atoms with Crippen molar-refractivity contribution in [2.75, 3.05) is 31.2 Å². The van der Waals surface area contributed by atoms with Crippen molar-refractivity contribution in [1.82, 2.24) is 5.32 Å². The Morgan fingerprint density at radius 1 is 1.07 bits per heavy atom. The zero-order valence-electron chi connectivity index (χ0n) is 16.2. The number of amides is 1. The van der Waals surface area contributed by atoms with Gasteiger partial charge in [0.15, 0.2) is 0 Å². The predicted molar refractivity (Wildman–Crippen MR) is 106 cm³/mol. The average Bonchev–Trinajstić information content (AvgIpc) is 2.73. The topological polar surface area (TPSA) is 41.6 Å². The second-order valence-electron chi connectivity index (χ2n) is 7.05. The summed E-state index contributed by atoms with van der Waals surface area (Å²) in [6.45, 7) is 2.00. The summed E-state index contributed by atoms with van der Waals surface area (Å²) >= 11 is 0. The Labute approximate surface area is 168 Å². The number of ether oxygens (including phenoxy) is 1. The monoisotopic (exact) mass is 406 g/mol. The van der Waals surface area contributed by atoms with E-state index in [1.54, 1.807) is 6.07 Å². The van der Waals surface area contributed by atoms with Crippen LogP contribution in [-0.2, 0) is 28.7 Å². The molecule has 0 aromatic heterocycles. The van der Waals surface area contributed by atoms with Crippen molar-refractivity contribution in [2.24, 2.45) is 0 Å². The molecule has 1 fully saturated rings. The highest BCUT2D eigenvalue weighted by molar-refractivity contribution is 5.76. The third-order valence-electron chi connectivity index (χ3n) is 4.96. The predicted octanol–water partition coefficient (Wildman–Crippen LogP) is 4.18. The average molecular weight is 406 g/mol. The number of aryl methyl sites for hydroxylation is 1. The van der Waals surface area contributed by atoms with Crippen molar-refractivity contribution in [3.63, 3.8) is 0 Å². The van der Waals surface area contributed by atoms with E-state index in [4.69, 9.17) is 4.74 Å². The molecule has 0 radical (unpaired) electrons. The van der Waals surface area contributed by atoms with E-state index >= 15 is 0 Å². The van der Waals surface area contributed by atoms with Crippen LogP contribution < -0.4 is 10.2 Å². The highest BCUT2D eigenvalue weighted by Gasteiger charge is 2.34. The van der Waals surface area contributed by atoms with Gasteiger partial charge in [-0.1, -0.05) is 36.4 Å². The molecule has 0 atom stereocenters. The lowest BCUT2D eigenvalue weighted by atomic mass is 10.0. The van der Waals surface area contributed by atoms with Crippen LogP contribution in [0.15, 0.2) is 48.5 Å². The first kappa shape index (κ1) is 21.2. The molecular formula is C22H25F3N2O2. The fraction of sp³-hybridized carbons (Fsp3) is 0.409. The maximum Gasteiger partial charge on any atom is 0.416 e. The van der Waals surface area contributed by atoms with Crippen LogP contribution in [0.1, 0.15) is 29.5 Å². The number of nitrogens with one attached hydrogen (secondary N) is 1. The van der Waals surface area contributed by atoms with Gasteiger partial charge in [-0.05, 0) is 36.1 Å². The van der Waals surface area contributed by atoms with Gasteiger partial charge in [0.05, 0.1) is 18.8 Å². The molecule has 1 N–H and O–H groups in total. The molecule has 2 aromatic carbocycles. The molecule has 1 heterocycles. The molecule has 0 aliphatic carbocycles. The van der Waals surface area contributed by atoms with E-state index in [2.05, 4.69) is 5.32 Å². The van der Waals surface area contributed by atoms with Crippen LogP contribution in [0.2, 0.25) is 0 Å². The fourth-order valence-electron chi connectivity index (χ4n) is 3.38. The number of carbonyl (C=O) groups excluding carboxylic acids is 1. The number of morpholine rings is 1. The SMILES string of the molecule is O=C(CCCc1ccccc1)NCc1ccc(N2CCOCC2)cc1C(F)(F)F. The lowest BCUT2D eigenvalue weighted by Gasteiger charge is -2.29. The third kappa shape index (κ3) is 6.22. The lowest BCUT2D eigenvalue weighted by Crippen LogP contribution is -2.36. The quantitative estimate of drug-likeness (QED) is 0.750. The maximum atomic E-state index is 13.6. The number of rotatable bonds is 7. The zero-order valence-corrected chi connectivity index (χ0v) is 16.2. The normalized spacial score (nSPS) is 14.7. The van der Waals surface area contributed by atoms with E-state index in [1.165, 1.54) is 12.1 Å². The number of halogens is 3. The van der Waals surface area contributed by atoms with Gasteiger partial charge in [-0.2, -0.15) is 13.2 Å². The minimum absolute atomic E-state index is 0.0749. The van der Waals surface area contributed by atoms with Crippen LogP contribution in [0.4, 0.5) is 18.9 Å². The molecular weight excluding hydrogens is 381 g/mol. The van der Waals surface area contributed by atoms with Crippen LogP contribution in [0, 0.1) is 0 Å². The van der Waals surface area contributed by atoms with Gasteiger partial charge in [0.1, 0.15) is 0 Å². The first-order valence-corrected chi connectivity index (χ1v) is 9.77. The molecule has 0 saturated carbocycles. The minimum Gasteiger partial charge on any atom is -0.378 e. The molecule has 0 spiro atoms. The molecule has 1 aliphatic rings. The summed E-state index contributed by atoms with van der Waals surface area (Å²) in [6.07, 6.45) is -2.79. The molecule has 1 aliphatic heterocycles. The molecule has 7 heteroatoms. The van der Waals surface area contributed by atoms with Crippen molar-refractivity contribution in [1.29, 1.82) is 0 Å². The lowest BCUT2D eigenvalue weighted by molar-refractivity contribution is -0.138. The highest BCUT2D eigenvalue weighted by Crippen LogP contribution is 2.35. The highest BCUT2D eigenvalue weighted by atomic mass is 19.4. The van der Waals surface area contributed by atoms with Crippen LogP contribution in [0.25, 0.3) is 0 Å². The van der Waals surface area contributed by atoms with Crippen LogP contribution in [-0.4, -0.2) is 32.2 Å². The van der Waals surface area contributed by atoms with Gasteiger partial charge in [-0.3, -0.25) is 4.79 Å². The van der Waals surface area contributed by atoms with E-state index in [0.717, 1.165) is 12.0 Å². The van der Waals surface area contributed by atoms with Gasteiger partial charge in [-0.25, -0.2) is 0 Å². The zero-order chi connectivity index (χ0) is 20.7. The van der Waals surface area contributed by atoms with Gasteiger partial charge in [-0.15, -0.1) is 0 Å². The fourth-order valence-corrected chi connectivity index (χ4v) is 3.38. The number of hydrogen-bond donors (Lipinski definition) is 1. The second-order valence-corrected chi connectivity index (χ2v) is 7.05. The van der Waals surface area contributed by atoms with Gasteiger partial charge >= 0.3 is 6.18 Å². The Bertz CT molecular complexity index is 803. The van der Waals surface area contributed by atoms with E-state index in [1.807, 2.05) is 35.2 Å². The largest absolute Gasteiger partial charge is 0.416 e. The Hall–Kier alpha value is -2.54. The number of nitrogens with zero attached hydrogens (tertiary/aromatic N) is 1. The molecule has 3 rings (SSSR count). The van der Waals surface area contributed by atoms with E-state index in [-0.39, 0.29) is 24.4 Å². The first-order valence-electron chi connectivity index (χ1n) is 9.77. The molecule has 0 bridgehead atoms. The first-order chi connectivity index (χ1) is 13.9. The van der Waals surface area contributed by atoms with Gasteiger partial charge in [0.25, 0.3) is 0 Å². The van der Waals surface area contributed by atoms with Crippen molar-refractivity contribution in [3.05, 3.63) is 65.2 Å². The maximum absolute atomic E-state index is 13.6. The molecule has 0 unspecified atom stereocenters. The molecule has 1 saturated heterocycles. The summed E-state index contributed by atoms with van der Waals surface area (Å²) < 4.78 is 45.9. The van der Waals surface area contributed by atoms with Crippen molar-refractivity contribution in [3.8, 4) is 0 Å². The summed E-state index contributed by atoms with van der Waals surface area (Å²) in [5.41, 5.74) is 1.04. The molecule has 29 heavy (non-hydrogen) atoms. The van der Waals surface area contributed by atoms with E-state index in [0.29, 0.717) is 38.4 Å². The molecule has 156 valence electrons. The Kier molecular flexibility index (Phi) is 7.14. The Morgan fingerprint density at radius 2 is 1.79 bits per heavy atom. The smallest absolute Gasteiger partial charge is 0.378 e. The number of hydrogen-bond acceptors (Lipinski definition) is 3. The third-order valence-corrected chi connectivity index (χ3v) is 4.96. The van der Waals surface area contributed by atoms with Crippen LogP contribution >= 0.6 is 0 Å². The number of carbonyl (C=O) groups is 1. The summed E-state index contributed by atoms with van der Waals surface area (Å²) in [5.74, 6) is -0.244. The van der Waals surface area contributed by atoms with Gasteiger partial charge in [0, 0.05) is 31.7 Å². The standard InChI is InChI=1S/C22H25F3N2O2/c23-22(24,25)20-15-19(27-11-13-29-14-12-27)10-9-18(20)16-26-21(28)8-4-7-17-5-2-1-3-6-17/h1-3,5-6,9-10,15H,4,7-8,11-14,16H2,(H,26,28). The number of benzene rings is 2. The van der Waals surface area contributed by atoms with E-state index < -0.39 is 11.7 Å². The second kappa shape index (κ2) is 9.78. The van der Waals surface area contributed by atoms with Crippen molar-refractivity contribution < 1.29 is 22.7 Å². The van der Waals surface area contributed by atoms with E-state index in [9.17, 15) is 18.0 Å². The summed E-state index contributed by atoms with van der Waals surface area (Å²) in [7, 11) is 0. The molecule has 2 aromatic rings. The van der Waals surface area contributed by atoms with Crippen molar-refractivity contribution >= 4 is 11.6 Å². The molecule has 1 amide bonds. The number of anilines is 1. The summed E-state index contributed by atoms with van der Waals surface area (Å²) in [6, 6.07) is 14.1. The van der Waals surface area contributed by atoms with Crippen LogP contribution in [0.5, 0.6) is 0 Å². The molecule has 4 nitrogen and oxygen atoms in total. The summed E-state index contributed by atoms with van der Waals surface area (Å²) in [4.78, 5) is 13.9. The Morgan fingerprint density at radius 3 is 2.48 bits per heavy atom. The number of alkyl halides is 3. The summed E-state index contributed by atoms with van der Waals surface area (Å²) in [5, 5.41) is 2.62. The Balaban J connectivity index is 1.58. The van der Waals surface area contributed by atoms with Gasteiger partial charge < -0.3 is 15.0 Å².